The van der Waals surface area contributed by atoms with Gasteiger partial charge in [-0.2, -0.15) is 0 Å². The number of fused-ring (bicyclic) bond motifs is 2. The number of hydrogen-bond donors (Lipinski definition) is 1. The second kappa shape index (κ2) is 7.08. The molecule has 2 aromatic rings. The lowest BCUT2D eigenvalue weighted by Crippen LogP contribution is -2.19. The predicted octanol–water partition coefficient (Wildman–Crippen LogP) is 5.91. The van der Waals surface area contributed by atoms with Gasteiger partial charge in [-0.1, -0.05) is 56.9 Å². The molecule has 1 aliphatic heterocycles. The van der Waals surface area contributed by atoms with E-state index in [9.17, 15) is 0 Å². The van der Waals surface area contributed by atoms with Crippen molar-refractivity contribution in [2.45, 2.75) is 44.9 Å². The lowest BCUT2D eigenvalue weighted by atomic mass is 9.81. The lowest BCUT2D eigenvalue weighted by molar-refractivity contribution is 0.595. The number of rotatable bonds is 6. The number of nitrogens with zero attached hydrogens (tertiary/aromatic N) is 1. The maximum absolute atomic E-state index is 3.64. The second-order valence-corrected chi connectivity index (χ2v) is 6.75. The minimum absolute atomic E-state index is 0.498. The molecule has 0 saturated carbocycles. The SMILES string of the molecule is CCCCCCC1c2ccccc2Nc2cccc(N(C)C)c21. The zero-order chi connectivity index (χ0) is 16.2. The molecular formula is C21H28N2. The molecule has 0 aromatic heterocycles. The molecule has 0 aliphatic carbocycles. The summed E-state index contributed by atoms with van der Waals surface area (Å²) in [4.78, 5) is 2.24. The molecule has 2 heteroatoms. The third-order valence-electron chi connectivity index (χ3n) is 4.87. The predicted molar refractivity (Wildman–Crippen MR) is 101 cm³/mol. The number of hydrogen-bond acceptors (Lipinski definition) is 2. The van der Waals surface area contributed by atoms with Crippen LogP contribution in [0.5, 0.6) is 0 Å². The van der Waals surface area contributed by atoms with Gasteiger partial charge in [0.25, 0.3) is 0 Å². The fourth-order valence-corrected chi connectivity index (χ4v) is 3.71. The molecule has 23 heavy (non-hydrogen) atoms. The maximum Gasteiger partial charge on any atom is 0.0444 e. The van der Waals surface area contributed by atoms with Crippen LogP contribution in [0.1, 0.15) is 56.1 Å². The molecule has 0 fully saturated rings. The summed E-state index contributed by atoms with van der Waals surface area (Å²) in [5.41, 5.74) is 6.80. The Hall–Kier alpha value is -1.96. The molecular weight excluding hydrogens is 280 g/mol. The summed E-state index contributed by atoms with van der Waals surface area (Å²) in [5.74, 6) is 0.498. The van der Waals surface area contributed by atoms with E-state index in [0.29, 0.717) is 5.92 Å². The van der Waals surface area contributed by atoms with Gasteiger partial charge in [0.2, 0.25) is 0 Å². The average Bonchev–Trinajstić information content (AvgIpc) is 2.57. The van der Waals surface area contributed by atoms with Gasteiger partial charge in [0.05, 0.1) is 0 Å². The first-order chi connectivity index (χ1) is 11.2. The smallest absolute Gasteiger partial charge is 0.0444 e. The van der Waals surface area contributed by atoms with E-state index in [4.69, 9.17) is 0 Å². The molecule has 122 valence electrons. The summed E-state index contributed by atoms with van der Waals surface area (Å²) in [6.45, 7) is 2.28. The Bertz CT molecular complexity index is 661. The molecule has 1 N–H and O–H groups in total. The fourth-order valence-electron chi connectivity index (χ4n) is 3.71. The molecule has 1 aliphatic rings. The lowest BCUT2D eigenvalue weighted by Gasteiger charge is -2.33. The molecule has 0 radical (unpaired) electrons. The van der Waals surface area contributed by atoms with E-state index >= 15 is 0 Å². The summed E-state index contributed by atoms with van der Waals surface area (Å²) in [7, 11) is 4.29. The number of benzene rings is 2. The van der Waals surface area contributed by atoms with Gasteiger partial charge in [-0.05, 0) is 30.2 Å². The molecule has 2 aromatic carbocycles. The van der Waals surface area contributed by atoms with Crippen LogP contribution in [-0.2, 0) is 0 Å². The molecule has 0 amide bonds. The Morgan fingerprint density at radius 1 is 0.913 bits per heavy atom. The van der Waals surface area contributed by atoms with E-state index < -0.39 is 0 Å². The largest absolute Gasteiger partial charge is 0.377 e. The first-order valence-electron chi connectivity index (χ1n) is 8.88. The van der Waals surface area contributed by atoms with Crippen molar-refractivity contribution in [3.63, 3.8) is 0 Å². The number of unbranched alkanes of at least 4 members (excludes halogenated alkanes) is 3. The van der Waals surface area contributed by atoms with Gasteiger partial charge >= 0.3 is 0 Å². The van der Waals surface area contributed by atoms with Crippen LogP contribution in [0.25, 0.3) is 0 Å². The van der Waals surface area contributed by atoms with Crippen molar-refractivity contribution < 1.29 is 0 Å². The van der Waals surface area contributed by atoms with Crippen molar-refractivity contribution >= 4 is 17.1 Å². The van der Waals surface area contributed by atoms with Crippen LogP contribution >= 0.6 is 0 Å². The van der Waals surface area contributed by atoms with Gasteiger partial charge in [0, 0.05) is 42.6 Å². The number of anilines is 3. The van der Waals surface area contributed by atoms with Crippen molar-refractivity contribution in [1.29, 1.82) is 0 Å². The Morgan fingerprint density at radius 3 is 2.48 bits per heavy atom. The molecule has 0 spiro atoms. The molecule has 1 heterocycles. The molecule has 1 unspecified atom stereocenters. The van der Waals surface area contributed by atoms with Crippen molar-refractivity contribution in [3.05, 3.63) is 53.6 Å². The van der Waals surface area contributed by atoms with Gasteiger partial charge in [-0.3, -0.25) is 0 Å². The second-order valence-electron chi connectivity index (χ2n) is 6.75. The molecule has 3 rings (SSSR count). The minimum Gasteiger partial charge on any atom is -0.377 e. The van der Waals surface area contributed by atoms with E-state index in [1.165, 1.54) is 60.3 Å². The minimum atomic E-state index is 0.498. The van der Waals surface area contributed by atoms with Crippen LogP contribution in [0.2, 0.25) is 0 Å². The van der Waals surface area contributed by atoms with Crippen molar-refractivity contribution in [1.82, 2.24) is 0 Å². The Balaban J connectivity index is 1.99. The zero-order valence-corrected chi connectivity index (χ0v) is 14.6. The van der Waals surface area contributed by atoms with E-state index in [0.717, 1.165) is 0 Å². The van der Waals surface area contributed by atoms with Crippen LogP contribution in [0.4, 0.5) is 17.1 Å². The summed E-state index contributed by atoms with van der Waals surface area (Å²) in [5, 5.41) is 3.64. The van der Waals surface area contributed by atoms with Crippen molar-refractivity contribution in [2.75, 3.05) is 24.3 Å². The van der Waals surface area contributed by atoms with Crippen LogP contribution in [0.15, 0.2) is 42.5 Å². The van der Waals surface area contributed by atoms with Gasteiger partial charge in [0.15, 0.2) is 0 Å². The van der Waals surface area contributed by atoms with E-state index in [-0.39, 0.29) is 0 Å². The van der Waals surface area contributed by atoms with Crippen molar-refractivity contribution in [3.8, 4) is 0 Å². The summed E-state index contributed by atoms with van der Waals surface area (Å²) in [6.07, 6.45) is 6.50. The standard InChI is InChI=1S/C21H28N2/c1-4-5-6-7-12-17-16-11-8-9-13-18(16)22-19-14-10-15-20(21(17)19)23(2)3/h8-11,13-15,17,22H,4-7,12H2,1-3H3. The first-order valence-corrected chi connectivity index (χ1v) is 8.88. The fraction of sp³-hybridized carbons (Fsp3) is 0.429. The zero-order valence-electron chi connectivity index (χ0n) is 14.6. The van der Waals surface area contributed by atoms with E-state index in [1.807, 2.05) is 0 Å². The molecule has 2 nitrogen and oxygen atoms in total. The summed E-state index contributed by atoms with van der Waals surface area (Å²) >= 11 is 0. The van der Waals surface area contributed by atoms with Crippen molar-refractivity contribution in [2.24, 2.45) is 0 Å². The highest BCUT2D eigenvalue weighted by molar-refractivity contribution is 5.79. The highest BCUT2D eigenvalue weighted by Gasteiger charge is 2.27. The van der Waals surface area contributed by atoms with Gasteiger partial charge < -0.3 is 10.2 Å². The quantitative estimate of drug-likeness (QED) is 0.667. The van der Waals surface area contributed by atoms with E-state index in [1.54, 1.807) is 0 Å². The highest BCUT2D eigenvalue weighted by atomic mass is 15.1. The van der Waals surface area contributed by atoms with E-state index in [2.05, 4.69) is 73.7 Å². The van der Waals surface area contributed by atoms with Crippen LogP contribution in [-0.4, -0.2) is 14.1 Å². The Labute approximate surface area is 140 Å². The highest BCUT2D eigenvalue weighted by Crippen LogP contribution is 2.47. The molecule has 0 bridgehead atoms. The molecule has 0 saturated heterocycles. The number of para-hydroxylation sites is 1. The first kappa shape index (κ1) is 15.9. The van der Waals surface area contributed by atoms with Crippen LogP contribution in [0, 0.1) is 0 Å². The van der Waals surface area contributed by atoms with Gasteiger partial charge in [-0.15, -0.1) is 0 Å². The van der Waals surface area contributed by atoms with Gasteiger partial charge in [-0.25, -0.2) is 0 Å². The average molecular weight is 308 g/mol. The van der Waals surface area contributed by atoms with Gasteiger partial charge in [0.1, 0.15) is 0 Å². The Kier molecular flexibility index (Phi) is 4.90. The van der Waals surface area contributed by atoms with Crippen LogP contribution < -0.4 is 10.2 Å². The monoisotopic (exact) mass is 308 g/mol. The third-order valence-corrected chi connectivity index (χ3v) is 4.87. The normalized spacial score (nSPS) is 15.5. The van der Waals surface area contributed by atoms with Crippen LogP contribution in [0.3, 0.4) is 0 Å². The summed E-state index contributed by atoms with van der Waals surface area (Å²) < 4.78 is 0. The topological polar surface area (TPSA) is 15.3 Å². The molecule has 1 atom stereocenters. The maximum atomic E-state index is 3.64. The Morgan fingerprint density at radius 2 is 1.70 bits per heavy atom. The third kappa shape index (κ3) is 3.21. The summed E-state index contributed by atoms with van der Waals surface area (Å²) in [6, 6.07) is 15.4. The number of nitrogens with one attached hydrogen (secondary N) is 1.